The van der Waals surface area contributed by atoms with Crippen LogP contribution < -0.4 is 0 Å². The largest absolute Gasteiger partial charge is 4.00 e. The van der Waals surface area contributed by atoms with Crippen LogP contribution in [0.1, 0.15) is 143 Å². The molecule has 20 unspecified atom stereocenters. The zero-order valence-corrected chi connectivity index (χ0v) is 84.9. The smallest absolute Gasteiger partial charge is 0.687 e. The van der Waals surface area contributed by atoms with Crippen molar-refractivity contribution in [1.82, 2.24) is 0 Å². The number of hydrogen-bond acceptors (Lipinski definition) is 4. The van der Waals surface area contributed by atoms with E-state index in [1.807, 2.05) is 0 Å². The second-order valence-electron chi connectivity index (χ2n) is 31.6. The van der Waals surface area contributed by atoms with Gasteiger partial charge in [-0.15, -0.1) is 64.3 Å². The van der Waals surface area contributed by atoms with Crippen LogP contribution in [0.2, 0.25) is 74.5 Å². The molecule has 4 aliphatic carbocycles. The zero-order chi connectivity index (χ0) is 63.0. The van der Waals surface area contributed by atoms with Crippen LogP contribution >= 0.6 is 47.0 Å². The third-order valence-corrected chi connectivity index (χ3v) is 44.4. The molecule has 0 amide bonds. The van der Waals surface area contributed by atoms with E-state index in [0.717, 1.165) is 115 Å². The van der Waals surface area contributed by atoms with E-state index in [1.54, 1.807) is 22.3 Å². The van der Waals surface area contributed by atoms with E-state index in [1.165, 1.54) is 19.6 Å². The number of thioether (sulfide) groups is 4. The molecule has 0 spiro atoms. The maximum Gasteiger partial charge on any atom is 4.00 e. The van der Waals surface area contributed by atoms with Crippen LogP contribution in [0.4, 0.5) is 5.69 Å². The molecule has 4 nitrogen and oxygen atoms in total. The molecule has 20 atom stereocenters. The van der Waals surface area contributed by atoms with Gasteiger partial charge in [0.1, 0.15) is 0 Å². The Bertz CT molecular complexity index is 3170. The van der Waals surface area contributed by atoms with Crippen LogP contribution in [-0.2, 0) is 86.9 Å². The number of fused-ring (bicyclic) bond motifs is 12. The van der Waals surface area contributed by atoms with Crippen LogP contribution in [0, 0.1) is 136 Å². The van der Waals surface area contributed by atoms with Gasteiger partial charge in [-0.3, -0.25) is 0 Å². The van der Waals surface area contributed by atoms with E-state index < -0.39 is 32.9 Å². The second kappa shape index (κ2) is 46.9. The molecule has 5 aromatic rings. The molecule has 4 fully saturated rings. The first-order valence-electron chi connectivity index (χ1n) is 33.9. The molecular formula is C87H146N4S4Si4Ti4. The minimum absolute atomic E-state index is 0. The summed E-state index contributed by atoms with van der Waals surface area (Å²) in [6.07, 6.45) is 0. The molecule has 0 N–H and O–H groups in total. The molecule has 0 bridgehead atoms. The van der Waals surface area contributed by atoms with Gasteiger partial charge in [0.2, 0.25) is 0 Å². The molecule has 570 valence electrons. The monoisotopic (exact) mass is 1680 g/mol. The van der Waals surface area contributed by atoms with Crippen molar-refractivity contribution in [3.05, 3.63) is 259 Å². The summed E-state index contributed by atoms with van der Waals surface area (Å²) in [6.45, 7) is 54.2. The molecule has 0 saturated heterocycles. The van der Waals surface area contributed by atoms with Crippen molar-refractivity contribution in [1.29, 1.82) is 0 Å². The number of rotatable bonds is 11. The van der Waals surface area contributed by atoms with Gasteiger partial charge in [-0.25, -0.2) is 0 Å². The van der Waals surface area contributed by atoms with Gasteiger partial charge in [-0.05, 0) is 148 Å². The van der Waals surface area contributed by atoms with Gasteiger partial charge in [0.05, 0.1) is 0 Å². The van der Waals surface area contributed by atoms with E-state index in [0.29, 0.717) is 17.2 Å². The van der Waals surface area contributed by atoms with Crippen LogP contribution in [0.25, 0.3) is 19.9 Å². The first-order valence-corrected chi connectivity index (χ1v) is 49.5. The molecule has 4 saturated carbocycles. The van der Waals surface area contributed by atoms with E-state index in [9.17, 15) is 0 Å². The number of hydrogen-bond donors (Lipinski definition) is 0. The Hall–Kier alpha value is 0.905. The summed E-state index contributed by atoms with van der Waals surface area (Å²) in [5.41, 5.74) is 10.8. The average Bonchev–Trinajstić information content (AvgIpc) is 1.60. The topological polar surface area (TPSA) is 56.4 Å². The normalized spacial score (nSPS) is 28.9. The predicted molar refractivity (Wildman–Crippen MR) is 475 cm³/mol. The Morgan fingerprint density at radius 3 is 0.845 bits per heavy atom. The first kappa shape index (κ1) is 117. The van der Waals surface area contributed by atoms with Crippen molar-refractivity contribution in [3.8, 4) is 0 Å². The predicted octanol–water partition coefficient (Wildman–Crippen LogP) is 29.9. The summed E-state index contributed by atoms with van der Waals surface area (Å²) >= 11 is 8.59. The molecule has 16 heteroatoms. The van der Waals surface area contributed by atoms with Crippen molar-refractivity contribution in [2.24, 2.45) is 47.3 Å². The summed E-state index contributed by atoms with van der Waals surface area (Å²) in [5.74, 6) is 9.18. The fraction of sp³-hybridized carbons (Fsp3) is 0.517. The molecular weight excluding hydrogens is 1530 g/mol. The van der Waals surface area contributed by atoms with Gasteiger partial charge in [-0.1, -0.05) is 277 Å². The zero-order valence-electron chi connectivity index (χ0n) is 71.4. The van der Waals surface area contributed by atoms with E-state index in [4.69, 9.17) is 19.9 Å². The van der Waals surface area contributed by atoms with Gasteiger partial charge in [-0.2, -0.15) is 6.54 Å². The van der Waals surface area contributed by atoms with E-state index >= 15 is 0 Å². The molecule has 0 aromatic heterocycles. The number of benzene rings is 5. The van der Waals surface area contributed by atoms with Crippen LogP contribution in [0.5, 0.6) is 0 Å². The minimum Gasteiger partial charge on any atom is -0.687 e. The Morgan fingerprint density at radius 1 is 0.340 bits per heavy atom. The minimum atomic E-state index is -1.74. The molecule has 13 rings (SSSR count). The maximum atomic E-state index is 5.36. The van der Waals surface area contributed by atoms with E-state index in [2.05, 4.69) is 324 Å². The van der Waals surface area contributed by atoms with Crippen LogP contribution in [-0.4, -0.2) is 72.1 Å². The Kier molecular flexibility index (Phi) is 53.4. The summed E-state index contributed by atoms with van der Waals surface area (Å²) in [7, 11) is -6.42. The summed E-state index contributed by atoms with van der Waals surface area (Å²) in [5, 5.41) is 2.99. The molecule has 0 radical (unpaired) electrons. The number of nitrogens with zero attached hydrogens (tertiary/aromatic N) is 4. The van der Waals surface area contributed by atoms with Gasteiger partial charge in [0.25, 0.3) is 0 Å². The third kappa shape index (κ3) is 24.0. The maximum absolute atomic E-state index is 5.36. The van der Waals surface area contributed by atoms with Gasteiger partial charge < -0.3 is 109 Å². The average molecular weight is 1680 g/mol. The molecule has 4 aliphatic heterocycles. The second-order valence-corrected chi connectivity index (χ2v) is 53.4. The van der Waals surface area contributed by atoms with Crippen LogP contribution in [0.15, 0.2) is 147 Å². The van der Waals surface area contributed by atoms with E-state index in [-0.39, 0.29) is 182 Å². The fourth-order valence-electron chi connectivity index (χ4n) is 19.7. The summed E-state index contributed by atoms with van der Waals surface area (Å²) in [6, 6.07) is 47.4. The van der Waals surface area contributed by atoms with Gasteiger partial charge in [0, 0.05) is 40.6 Å². The Morgan fingerprint density at radius 2 is 0.583 bits per heavy atom. The summed E-state index contributed by atoms with van der Waals surface area (Å²) < 4.78 is 0. The quantitative estimate of drug-likeness (QED) is 0.0977. The third-order valence-electron chi connectivity index (χ3n) is 23.1. The van der Waals surface area contributed by atoms with Crippen molar-refractivity contribution in [2.75, 3.05) is 6.54 Å². The Labute approximate surface area is 724 Å². The molecule has 103 heavy (non-hydrogen) atoms. The molecule has 5 aromatic carbocycles. The van der Waals surface area contributed by atoms with Crippen molar-refractivity contribution in [3.63, 3.8) is 0 Å². The fourth-order valence-corrected chi connectivity index (χ4v) is 47.2. The Balaban J connectivity index is -0.000000227. The summed E-state index contributed by atoms with van der Waals surface area (Å²) in [4.78, 5) is 27.1. The molecule has 8 aliphatic rings. The van der Waals surface area contributed by atoms with Gasteiger partial charge in [0.15, 0.2) is 0 Å². The molecule has 4 heterocycles. The van der Waals surface area contributed by atoms with Crippen molar-refractivity contribution < 1.29 is 86.9 Å². The van der Waals surface area contributed by atoms with Crippen molar-refractivity contribution >= 4 is 85.7 Å². The van der Waals surface area contributed by atoms with Crippen molar-refractivity contribution in [2.45, 2.75) is 247 Å². The van der Waals surface area contributed by atoms with Gasteiger partial charge >= 0.3 is 86.9 Å². The van der Waals surface area contributed by atoms with Crippen LogP contribution in [0.3, 0.4) is 0 Å². The standard InChI is InChI=1S/C21H26NSSi.C19H30NSSi.C18H28NSSi.C17H26NSSi.12CH3.4Ti/c1-14-15(2)21(24(3,4)22-16-10-6-5-7-11-16)20-19(14)17-12-8-9-13-18(17)23-20;1-12-13(2)18(22(6,7)20-19(3,4)5)17-16(12)14-10-8-9-11-15(14)21-17;1-11(2)19-21(5,6)18-13(4)12(3)16-14-9-7-8-10-15(14)20-17(16)18;1-6-18-20(4,5)17-12(3)11(2)15-13-9-7-8-10-14(13)19-16(15)17;;;;;;;;;;;;;;;;/h5-15,19-21H,1-4H3;8-13,16-18H,1-7H3;7-13,16-18H,1-6H3;7-12,15-17H,6H2,1-5H3;12*1H3;;;;/q16*-1;4*+4. The first-order chi connectivity index (χ1) is 40.9. The SMILES string of the molecule is CC(C)[N-][Si](C)(C)C1C(C)C(C)C2c3ccccc3SC21.CC1C(C)C([Si](C)(C)[N-]C(C)(C)C)C2Sc3ccccc3C12.CC1C(C)C([Si](C)(C)[N-]c2ccccc2)C2Sc3ccccc3C12.CC[N-][Si](C)(C)C1C(C)C(C)C2c3ccccc3SC21.[CH3-].[CH3-].[CH3-].[CH3-].[CH3-].[CH3-].[CH3-].[CH3-].[CH3-].[CH3-].[CH3-].[CH3-].[Ti+4].[Ti+4].[Ti+4].[Ti+4].